The van der Waals surface area contributed by atoms with Crippen LogP contribution in [0.3, 0.4) is 0 Å². The van der Waals surface area contributed by atoms with Crippen molar-refractivity contribution in [1.29, 1.82) is 0 Å². The van der Waals surface area contributed by atoms with Gasteiger partial charge >= 0.3 is 6.03 Å². The summed E-state index contributed by atoms with van der Waals surface area (Å²) in [7, 11) is 0. The van der Waals surface area contributed by atoms with Gasteiger partial charge in [0.2, 0.25) is 5.91 Å². The van der Waals surface area contributed by atoms with Gasteiger partial charge in [0, 0.05) is 18.5 Å². The molecule has 1 saturated carbocycles. The second kappa shape index (κ2) is 9.18. The zero-order valence-corrected chi connectivity index (χ0v) is 19.2. The van der Waals surface area contributed by atoms with Gasteiger partial charge in [-0.1, -0.05) is 73.4 Å². The zero-order chi connectivity index (χ0) is 22.9. The maximum absolute atomic E-state index is 12.9. The first-order chi connectivity index (χ1) is 16.0. The number of benzene rings is 2. The molecule has 174 valence electrons. The van der Waals surface area contributed by atoms with Crippen LogP contribution in [0.4, 0.5) is 4.79 Å². The lowest BCUT2D eigenvalue weighted by Gasteiger charge is -2.58. The van der Waals surface area contributed by atoms with E-state index in [2.05, 4.69) is 60.8 Å². The Balaban J connectivity index is 1.31. The van der Waals surface area contributed by atoms with Crippen LogP contribution in [-0.4, -0.2) is 64.7 Å². The van der Waals surface area contributed by atoms with Gasteiger partial charge in [0.1, 0.15) is 6.54 Å². The number of carbonyl (C=O) groups is 2. The minimum absolute atomic E-state index is 0.0239. The number of aryl methyl sites for hydroxylation is 1. The lowest BCUT2D eigenvalue weighted by atomic mass is 9.73. The molecule has 5 rings (SSSR count). The second-order valence-electron chi connectivity index (χ2n) is 9.80. The number of carbonyl (C=O) groups excluding carboxylic acids is 2. The first-order valence-corrected chi connectivity index (χ1v) is 12.2. The van der Waals surface area contributed by atoms with E-state index in [1.54, 1.807) is 9.80 Å². The molecule has 2 N–H and O–H groups in total. The number of amides is 3. The molecule has 0 radical (unpaired) electrons. The number of hydrogen-bond donors (Lipinski definition) is 2. The van der Waals surface area contributed by atoms with Crippen LogP contribution in [0.25, 0.3) is 11.1 Å². The minimum Gasteiger partial charge on any atom is -0.394 e. The molecule has 0 bridgehead atoms. The van der Waals surface area contributed by atoms with E-state index in [1.165, 1.54) is 17.5 Å². The zero-order valence-electron chi connectivity index (χ0n) is 19.2. The molecule has 33 heavy (non-hydrogen) atoms. The van der Waals surface area contributed by atoms with Crippen LogP contribution < -0.4 is 5.32 Å². The molecule has 0 aromatic heterocycles. The number of urea groups is 1. The van der Waals surface area contributed by atoms with Crippen molar-refractivity contribution in [3.05, 3.63) is 59.7 Å². The highest BCUT2D eigenvalue weighted by atomic mass is 16.3. The van der Waals surface area contributed by atoms with Crippen molar-refractivity contribution < 1.29 is 14.7 Å². The fourth-order valence-electron chi connectivity index (χ4n) is 5.89. The standard InChI is InChI=1S/C27H33N3O3/c1-18-6-5-7-21(14-18)19-10-12-20(13-11-19)26-23-15-29(16-25(32)30(23)24(26)17-31)27(33)28-22-8-3-2-4-9-22/h5-7,10-14,22-24,26,31H,2-4,8-9,15-17H2,1H3,(H,28,33)/t23-,24+,26+/m1/s1. The van der Waals surface area contributed by atoms with E-state index in [9.17, 15) is 14.7 Å². The number of nitrogens with one attached hydrogen (secondary N) is 1. The topological polar surface area (TPSA) is 72.9 Å². The third kappa shape index (κ3) is 4.24. The Morgan fingerprint density at radius 3 is 2.52 bits per heavy atom. The van der Waals surface area contributed by atoms with Crippen LogP contribution in [0.5, 0.6) is 0 Å². The van der Waals surface area contributed by atoms with Crippen LogP contribution in [0.1, 0.15) is 49.1 Å². The number of aliphatic hydroxyl groups is 1. The summed E-state index contributed by atoms with van der Waals surface area (Å²) in [6.45, 7) is 2.61. The molecule has 2 aromatic carbocycles. The highest BCUT2D eigenvalue weighted by Crippen LogP contribution is 2.43. The van der Waals surface area contributed by atoms with E-state index in [4.69, 9.17) is 0 Å². The second-order valence-corrected chi connectivity index (χ2v) is 9.80. The summed E-state index contributed by atoms with van der Waals surface area (Å²) < 4.78 is 0. The Labute approximate surface area is 195 Å². The molecular weight excluding hydrogens is 414 g/mol. The highest BCUT2D eigenvalue weighted by molar-refractivity contribution is 5.87. The molecule has 2 aliphatic heterocycles. The summed E-state index contributed by atoms with van der Waals surface area (Å²) in [4.78, 5) is 29.2. The molecule has 0 unspecified atom stereocenters. The van der Waals surface area contributed by atoms with Gasteiger partial charge in [0.05, 0.1) is 18.7 Å². The highest BCUT2D eigenvalue weighted by Gasteiger charge is 2.54. The molecule has 0 spiro atoms. The molecule has 2 aromatic rings. The fraction of sp³-hybridized carbons (Fsp3) is 0.481. The molecule has 2 heterocycles. The van der Waals surface area contributed by atoms with Gasteiger partial charge in [-0.2, -0.15) is 0 Å². The lowest BCUT2D eigenvalue weighted by Crippen LogP contribution is -2.74. The summed E-state index contributed by atoms with van der Waals surface area (Å²) in [5.41, 5.74) is 4.65. The number of rotatable bonds is 4. The average Bonchev–Trinajstić information content (AvgIpc) is 2.81. The maximum atomic E-state index is 12.9. The number of fused-ring (bicyclic) bond motifs is 1. The van der Waals surface area contributed by atoms with Crippen molar-refractivity contribution in [2.24, 2.45) is 0 Å². The van der Waals surface area contributed by atoms with Gasteiger partial charge in [-0.05, 0) is 36.5 Å². The van der Waals surface area contributed by atoms with E-state index >= 15 is 0 Å². The summed E-state index contributed by atoms with van der Waals surface area (Å²) in [5, 5.41) is 13.2. The number of aliphatic hydroxyl groups excluding tert-OH is 1. The molecule has 1 aliphatic carbocycles. The summed E-state index contributed by atoms with van der Waals surface area (Å²) in [6, 6.07) is 16.6. The number of hydrogen-bond acceptors (Lipinski definition) is 3. The fourth-order valence-corrected chi connectivity index (χ4v) is 5.89. The van der Waals surface area contributed by atoms with Crippen molar-refractivity contribution in [2.75, 3.05) is 19.7 Å². The van der Waals surface area contributed by atoms with Gasteiger partial charge < -0.3 is 20.2 Å². The van der Waals surface area contributed by atoms with Crippen LogP contribution in [-0.2, 0) is 4.79 Å². The first kappa shape index (κ1) is 22.0. The van der Waals surface area contributed by atoms with Crippen molar-refractivity contribution in [3.63, 3.8) is 0 Å². The molecular formula is C27H33N3O3. The SMILES string of the molecule is Cc1cccc(-c2ccc([C@H]3[C@H]4CN(C(=O)NC5CCCCC5)CC(=O)N4[C@H]3CO)cc2)c1. The lowest BCUT2D eigenvalue weighted by molar-refractivity contribution is -0.159. The quantitative estimate of drug-likeness (QED) is 0.751. The monoisotopic (exact) mass is 447 g/mol. The van der Waals surface area contributed by atoms with Crippen molar-refractivity contribution in [1.82, 2.24) is 15.1 Å². The van der Waals surface area contributed by atoms with E-state index < -0.39 is 0 Å². The van der Waals surface area contributed by atoms with Crippen LogP contribution in [0, 0.1) is 6.92 Å². The van der Waals surface area contributed by atoms with E-state index in [-0.39, 0.29) is 49.1 Å². The van der Waals surface area contributed by atoms with Gasteiger partial charge in [-0.25, -0.2) is 4.79 Å². The van der Waals surface area contributed by atoms with Crippen LogP contribution >= 0.6 is 0 Å². The van der Waals surface area contributed by atoms with Crippen molar-refractivity contribution in [3.8, 4) is 11.1 Å². The summed E-state index contributed by atoms with van der Waals surface area (Å²) >= 11 is 0. The van der Waals surface area contributed by atoms with E-state index in [0.29, 0.717) is 6.54 Å². The predicted molar refractivity (Wildman–Crippen MR) is 128 cm³/mol. The molecule has 6 heteroatoms. The average molecular weight is 448 g/mol. The molecule has 2 saturated heterocycles. The third-order valence-electron chi connectivity index (χ3n) is 7.62. The minimum atomic E-state index is -0.226. The maximum Gasteiger partial charge on any atom is 0.318 e. The Morgan fingerprint density at radius 1 is 1.06 bits per heavy atom. The Bertz CT molecular complexity index is 1020. The Morgan fingerprint density at radius 2 is 1.82 bits per heavy atom. The smallest absolute Gasteiger partial charge is 0.318 e. The summed E-state index contributed by atoms with van der Waals surface area (Å²) in [6.07, 6.45) is 5.58. The molecule has 6 nitrogen and oxygen atoms in total. The molecule has 3 aliphatic rings. The third-order valence-corrected chi connectivity index (χ3v) is 7.62. The normalized spacial score (nSPS) is 25.4. The molecule has 3 amide bonds. The summed E-state index contributed by atoms with van der Waals surface area (Å²) in [5.74, 6) is -0.0486. The van der Waals surface area contributed by atoms with Gasteiger partial charge in [0.15, 0.2) is 0 Å². The van der Waals surface area contributed by atoms with Gasteiger partial charge in [-0.3, -0.25) is 4.79 Å². The largest absolute Gasteiger partial charge is 0.394 e. The van der Waals surface area contributed by atoms with Crippen molar-refractivity contribution in [2.45, 2.75) is 63.1 Å². The Hall–Kier alpha value is -2.86. The molecule has 3 fully saturated rings. The van der Waals surface area contributed by atoms with Crippen molar-refractivity contribution >= 4 is 11.9 Å². The number of nitrogens with zero attached hydrogens (tertiary/aromatic N) is 2. The van der Waals surface area contributed by atoms with Crippen LogP contribution in [0.2, 0.25) is 0 Å². The van der Waals surface area contributed by atoms with Gasteiger partial charge in [-0.15, -0.1) is 0 Å². The number of piperazine rings is 1. The van der Waals surface area contributed by atoms with E-state index in [1.807, 2.05) is 0 Å². The molecule has 3 atom stereocenters. The van der Waals surface area contributed by atoms with Gasteiger partial charge in [0.25, 0.3) is 0 Å². The first-order valence-electron chi connectivity index (χ1n) is 12.2. The predicted octanol–water partition coefficient (Wildman–Crippen LogP) is 3.68. The van der Waals surface area contributed by atoms with Crippen LogP contribution in [0.15, 0.2) is 48.5 Å². The Kier molecular flexibility index (Phi) is 6.11. The van der Waals surface area contributed by atoms with E-state index in [0.717, 1.165) is 36.8 Å².